The molecule has 0 aromatic heterocycles. The van der Waals surface area contributed by atoms with E-state index in [0.29, 0.717) is 13.0 Å². The van der Waals surface area contributed by atoms with Gasteiger partial charge in [-0.05, 0) is 37.8 Å². The first-order valence-corrected chi connectivity index (χ1v) is 5.44. The molecule has 0 aliphatic rings. The van der Waals surface area contributed by atoms with Gasteiger partial charge in [0.25, 0.3) is 0 Å². The predicted molar refractivity (Wildman–Crippen MR) is 60.8 cm³/mol. The van der Waals surface area contributed by atoms with Crippen LogP contribution in [0.4, 0.5) is 0 Å². The Hall–Kier alpha value is -1.31. The van der Waals surface area contributed by atoms with Gasteiger partial charge in [0.15, 0.2) is 0 Å². The van der Waals surface area contributed by atoms with Crippen molar-refractivity contribution in [3.63, 3.8) is 0 Å². The van der Waals surface area contributed by atoms with Crippen LogP contribution < -0.4 is 0 Å². The maximum atomic E-state index is 11.1. The van der Waals surface area contributed by atoms with Gasteiger partial charge in [-0.2, -0.15) is 0 Å². The molecule has 0 N–H and O–H groups in total. The van der Waals surface area contributed by atoms with Gasteiger partial charge in [0.1, 0.15) is 0 Å². The van der Waals surface area contributed by atoms with Crippen LogP contribution in [-0.2, 0) is 16.0 Å². The lowest BCUT2D eigenvalue weighted by Gasteiger charge is -2.05. The fourth-order valence-corrected chi connectivity index (χ4v) is 1.55. The molecular weight excluding hydrogens is 188 g/mol. The van der Waals surface area contributed by atoms with E-state index < -0.39 is 0 Å². The lowest BCUT2D eigenvalue weighted by atomic mass is 10.0. The number of aryl methyl sites for hydroxylation is 2. The van der Waals surface area contributed by atoms with Gasteiger partial charge < -0.3 is 4.74 Å². The van der Waals surface area contributed by atoms with Crippen LogP contribution in [0.5, 0.6) is 0 Å². The Morgan fingerprint density at radius 3 is 2.73 bits per heavy atom. The smallest absolute Gasteiger partial charge is 0.305 e. The van der Waals surface area contributed by atoms with Gasteiger partial charge in [0, 0.05) is 6.42 Å². The minimum Gasteiger partial charge on any atom is -0.466 e. The van der Waals surface area contributed by atoms with Crippen LogP contribution >= 0.6 is 0 Å². The molecule has 15 heavy (non-hydrogen) atoms. The van der Waals surface area contributed by atoms with Gasteiger partial charge in [-0.15, -0.1) is 0 Å². The predicted octanol–water partition coefficient (Wildman–Crippen LogP) is 2.88. The number of carbonyl (C=O) groups excluding carboxylic acids is 1. The zero-order valence-electron chi connectivity index (χ0n) is 9.45. The summed E-state index contributed by atoms with van der Waals surface area (Å²) in [6.07, 6.45) is 2.33. The van der Waals surface area contributed by atoms with Crippen LogP contribution in [0.15, 0.2) is 24.3 Å². The second-order valence-electron chi connectivity index (χ2n) is 3.59. The number of hydrogen-bond acceptors (Lipinski definition) is 2. The molecule has 0 radical (unpaired) electrons. The topological polar surface area (TPSA) is 26.3 Å². The molecule has 0 aliphatic carbocycles. The van der Waals surface area contributed by atoms with Crippen LogP contribution in [0.1, 0.15) is 30.9 Å². The third-order valence-corrected chi connectivity index (χ3v) is 2.39. The van der Waals surface area contributed by atoms with Crippen molar-refractivity contribution in [3.05, 3.63) is 35.4 Å². The maximum Gasteiger partial charge on any atom is 0.305 e. The monoisotopic (exact) mass is 206 g/mol. The molecule has 0 spiro atoms. The molecule has 0 aliphatic heterocycles. The van der Waals surface area contributed by atoms with E-state index in [9.17, 15) is 4.79 Å². The Labute approximate surface area is 91.3 Å². The minimum absolute atomic E-state index is 0.0916. The Bertz CT molecular complexity index is 318. The molecule has 1 aromatic carbocycles. The van der Waals surface area contributed by atoms with E-state index in [2.05, 4.69) is 19.1 Å². The highest BCUT2D eigenvalue weighted by molar-refractivity contribution is 5.69. The second kappa shape index (κ2) is 6.23. The highest BCUT2D eigenvalue weighted by Gasteiger charge is 2.02. The molecule has 0 atom stereocenters. The van der Waals surface area contributed by atoms with Crippen molar-refractivity contribution < 1.29 is 9.53 Å². The molecule has 0 bridgehead atoms. The van der Waals surface area contributed by atoms with Gasteiger partial charge in [-0.3, -0.25) is 4.79 Å². The molecule has 1 rings (SSSR count). The van der Waals surface area contributed by atoms with Crippen LogP contribution in [0, 0.1) is 6.92 Å². The molecule has 0 amide bonds. The van der Waals surface area contributed by atoms with Gasteiger partial charge in [0.05, 0.1) is 6.61 Å². The molecule has 0 saturated carbocycles. The number of ether oxygens (including phenoxy) is 1. The lowest BCUT2D eigenvalue weighted by Crippen LogP contribution is -2.04. The minimum atomic E-state index is -0.0916. The Kier molecular flexibility index (Phi) is 4.88. The maximum absolute atomic E-state index is 11.1. The fourth-order valence-electron chi connectivity index (χ4n) is 1.55. The van der Waals surface area contributed by atoms with Crippen molar-refractivity contribution in [2.24, 2.45) is 0 Å². The van der Waals surface area contributed by atoms with Crippen molar-refractivity contribution >= 4 is 5.97 Å². The normalized spacial score (nSPS) is 10.0. The highest BCUT2D eigenvalue weighted by Crippen LogP contribution is 2.10. The van der Waals surface area contributed by atoms with E-state index in [4.69, 9.17) is 4.74 Å². The van der Waals surface area contributed by atoms with Crippen molar-refractivity contribution in [2.45, 2.75) is 33.1 Å². The first-order chi connectivity index (χ1) is 7.24. The van der Waals surface area contributed by atoms with E-state index in [1.807, 2.05) is 19.1 Å². The molecule has 0 saturated heterocycles. The molecule has 2 heteroatoms. The van der Waals surface area contributed by atoms with E-state index in [0.717, 1.165) is 12.8 Å². The van der Waals surface area contributed by atoms with Crippen molar-refractivity contribution in [1.82, 2.24) is 0 Å². The van der Waals surface area contributed by atoms with Crippen molar-refractivity contribution in [1.29, 1.82) is 0 Å². The third-order valence-electron chi connectivity index (χ3n) is 2.39. The first kappa shape index (κ1) is 11.8. The Balaban J connectivity index is 2.32. The molecule has 0 heterocycles. The van der Waals surface area contributed by atoms with E-state index in [1.54, 1.807) is 0 Å². The Morgan fingerprint density at radius 2 is 2.07 bits per heavy atom. The van der Waals surface area contributed by atoms with E-state index >= 15 is 0 Å². The fraction of sp³-hybridized carbons (Fsp3) is 0.462. The van der Waals surface area contributed by atoms with E-state index in [-0.39, 0.29) is 5.97 Å². The quantitative estimate of drug-likeness (QED) is 0.692. The second-order valence-corrected chi connectivity index (χ2v) is 3.59. The summed E-state index contributed by atoms with van der Waals surface area (Å²) < 4.78 is 4.87. The summed E-state index contributed by atoms with van der Waals surface area (Å²) in [6, 6.07) is 8.27. The van der Waals surface area contributed by atoms with E-state index in [1.165, 1.54) is 11.1 Å². The molecule has 82 valence electrons. The Morgan fingerprint density at radius 1 is 1.33 bits per heavy atom. The number of hydrogen-bond donors (Lipinski definition) is 0. The SMILES string of the molecule is CCOC(=O)CCCc1ccccc1C. The molecule has 0 unspecified atom stereocenters. The van der Waals surface area contributed by atoms with Gasteiger partial charge in [-0.25, -0.2) is 0 Å². The summed E-state index contributed by atoms with van der Waals surface area (Å²) in [7, 11) is 0. The molecule has 2 nitrogen and oxygen atoms in total. The van der Waals surface area contributed by atoms with Crippen LogP contribution in [0.2, 0.25) is 0 Å². The summed E-state index contributed by atoms with van der Waals surface area (Å²) in [5.41, 5.74) is 2.61. The largest absolute Gasteiger partial charge is 0.466 e. The van der Waals surface area contributed by atoms with Crippen LogP contribution in [0.3, 0.4) is 0 Å². The van der Waals surface area contributed by atoms with Crippen LogP contribution in [-0.4, -0.2) is 12.6 Å². The number of carbonyl (C=O) groups is 1. The first-order valence-electron chi connectivity index (χ1n) is 5.44. The van der Waals surface area contributed by atoms with Gasteiger partial charge in [-0.1, -0.05) is 24.3 Å². The average Bonchev–Trinajstić information content (AvgIpc) is 2.21. The summed E-state index contributed by atoms with van der Waals surface area (Å²) in [6.45, 7) is 4.40. The van der Waals surface area contributed by atoms with Gasteiger partial charge in [0.2, 0.25) is 0 Å². The molecule has 0 fully saturated rings. The average molecular weight is 206 g/mol. The number of benzene rings is 1. The zero-order valence-corrected chi connectivity index (χ0v) is 9.45. The van der Waals surface area contributed by atoms with Crippen molar-refractivity contribution in [2.75, 3.05) is 6.61 Å². The molecule has 1 aromatic rings. The highest BCUT2D eigenvalue weighted by atomic mass is 16.5. The standard InChI is InChI=1S/C13H18O2/c1-3-15-13(14)10-6-9-12-8-5-4-7-11(12)2/h4-5,7-8H,3,6,9-10H2,1-2H3. The summed E-state index contributed by atoms with van der Waals surface area (Å²) >= 11 is 0. The van der Waals surface area contributed by atoms with Crippen LogP contribution in [0.25, 0.3) is 0 Å². The zero-order chi connectivity index (χ0) is 11.1. The summed E-state index contributed by atoms with van der Waals surface area (Å²) in [5, 5.41) is 0. The third kappa shape index (κ3) is 4.15. The number of rotatable bonds is 5. The summed E-state index contributed by atoms with van der Waals surface area (Å²) in [5.74, 6) is -0.0916. The lowest BCUT2D eigenvalue weighted by molar-refractivity contribution is -0.143. The molecular formula is C13H18O2. The van der Waals surface area contributed by atoms with Gasteiger partial charge >= 0.3 is 5.97 Å². The van der Waals surface area contributed by atoms with Crippen molar-refractivity contribution in [3.8, 4) is 0 Å². The number of esters is 1. The summed E-state index contributed by atoms with van der Waals surface area (Å²) in [4.78, 5) is 11.1.